The van der Waals surface area contributed by atoms with Gasteiger partial charge in [-0.1, -0.05) is 13.0 Å². The van der Waals surface area contributed by atoms with E-state index in [-0.39, 0.29) is 4.90 Å². The zero-order valence-electron chi connectivity index (χ0n) is 13.0. The first-order valence-electron chi connectivity index (χ1n) is 7.38. The van der Waals surface area contributed by atoms with E-state index < -0.39 is 9.84 Å². The normalized spacial score (nSPS) is 19.9. The molecule has 1 aromatic rings. The molecule has 0 radical (unpaired) electrons. The molecule has 2 N–H and O–H groups in total. The number of nitrogen functional groups attached to an aromatic ring is 1. The SMILES string of the molecule is CCN1CCCC1CN(C)c1cccc(S(C)(=O)=O)c1N. The van der Waals surface area contributed by atoms with Crippen LogP contribution in [0.15, 0.2) is 23.1 Å². The summed E-state index contributed by atoms with van der Waals surface area (Å²) in [6.45, 7) is 5.24. The van der Waals surface area contributed by atoms with Gasteiger partial charge in [-0.3, -0.25) is 4.90 Å². The Morgan fingerprint density at radius 1 is 1.43 bits per heavy atom. The van der Waals surface area contributed by atoms with E-state index in [1.807, 2.05) is 13.1 Å². The lowest BCUT2D eigenvalue weighted by molar-refractivity contribution is 0.270. The van der Waals surface area contributed by atoms with Crippen LogP contribution in [0.4, 0.5) is 11.4 Å². The van der Waals surface area contributed by atoms with Gasteiger partial charge >= 0.3 is 0 Å². The van der Waals surface area contributed by atoms with Crippen LogP contribution in [0.1, 0.15) is 19.8 Å². The Bertz CT molecular complexity index is 601. The van der Waals surface area contributed by atoms with Crippen molar-refractivity contribution in [3.05, 3.63) is 18.2 Å². The van der Waals surface area contributed by atoms with E-state index in [0.717, 1.165) is 25.3 Å². The molecule has 6 heteroatoms. The van der Waals surface area contributed by atoms with Crippen molar-refractivity contribution in [3.8, 4) is 0 Å². The summed E-state index contributed by atoms with van der Waals surface area (Å²) in [7, 11) is -1.32. The largest absolute Gasteiger partial charge is 0.396 e. The predicted molar refractivity (Wildman–Crippen MR) is 87.5 cm³/mol. The third kappa shape index (κ3) is 3.49. The molecule has 1 aromatic carbocycles. The molecule has 1 aliphatic rings. The number of nitrogens with two attached hydrogens (primary N) is 1. The van der Waals surface area contributed by atoms with Crippen LogP contribution in [0.5, 0.6) is 0 Å². The van der Waals surface area contributed by atoms with E-state index >= 15 is 0 Å². The Morgan fingerprint density at radius 3 is 2.76 bits per heavy atom. The maximum Gasteiger partial charge on any atom is 0.177 e. The molecule has 1 saturated heterocycles. The maximum atomic E-state index is 11.8. The molecule has 21 heavy (non-hydrogen) atoms. The lowest BCUT2D eigenvalue weighted by Crippen LogP contribution is -2.39. The first-order valence-corrected chi connectivity index (χ1v) is 9.27. The van der Waals surface area contributed by atoms with Crippen LogP contribution < -0.4 is 10.6 Å². The van der Waals surface area contributed by atoms with Crippen molar-refractivity contribution in [1.82, 2.24) is 4.90 Å². The minimum atomic E-state index is -3.29. The third-order valence-electron chi connectivity index (χ3n) is 4.24. The molecule has 2 rings (SSSR count). The maximum absolute atomic E-state index is 11.8. The standard InChI is InChI=1S/C15H25N3O2S/c1-4-18-10-6-7-12(18)11-17(2)13-8-5-9-14(15(13)16)21(3,19)20/h5,8-9,12H,4,6-7,10-11,16H2,1-3H3. The van der Waals surface area contributed by atoms with E-state index in [0.29, 0.717) is 11.7 Å². The molecule has 5 nitrogen and oxygen atoms in total. The Balaban J connectivity index is 2.22. The molecule has 0 amide bonds. The van der Waals surface area contributed by atoms with Gasteiger partial charge < -0.3 is 10.6 Å². The summed E-state index contributed by atoms with van der Waals surface area (Å²) < 4.78 is 23.5. The Labute approximate surface area is 127 Å². The van der Waals surface area contributed by atoms with Crippen molar-refractivity contribution in [3.63, 3.8) is 0 Å². The van der Waals surface area contributed by atoms with E-state index in [2.05, 4.69) is 16.7 Å². The van der Waals surface area contributed by atoms with E-state index in [1.54, 1.807) is 12.1 Å². The number of nitrogens with zero attached hydrogens (tertiary/aromatic N) is 2. The molecule has 118 valence electrons. The molecule has 1 fully saturated rings. The smallest absolute Gasteiger partial charge is 0.177 e. The number of hydrogen-bond donors (Lipinski definition) is 1. The van der Waals surface area contributed by atoms with Crippen LogP contribution in [-0.4, -0.2) is 52.3 Å². The Morgan fingerprint density at radius 2 is 2.14 bits per heavy atom. The Hall–Kier alpha value is -1.27. The summed E-state index contributed by atoms with van der Waals surface area (Å²) in [6, 6.07) is 5.72. The number of hydrogen-bond acceptors (Lipinski definition) is 5. The van der Waals surface area contributed by atoms with Crippen molar-refractivity contribution >= 4 is 21.2 Å². The predicted octanol–water partition coefficient (Wildman–Crippen LogP) is 1.59. The average Bonchev–Trinajstić information content (AvgIpc) is 2.84. The van der Waals surface area contributed by atoms with Crippen molar-refractivity contribution in [1.29, 1.82) is 0 Å². The van der Waals surface area contributed by atoms with Crippen LogP contribution in [0.3, 0.4) is 0 Å². The van der Waals surface area contributed by atoms with Crippen LogP contribution in [0.2, 0.25) is 0 Å². The van der Waals surface area contributed by atoms with Gasteiger partial charge in [-0.25, -0.2) is 8.42 Å². The molecule has 0 spiro atoms. The molecule has 1 unspecified atom stereocenters. The molecule has 0 saturated carbocycles. The van der Waals surface area contributed by atoms with Crippen LogP contribution in [0, 0.1) is 0 Å². The molecule has 1 atom stereocenters. The summed E-state index contributed by atoms with van der Waals surface area (Å²) in [6.07, 6.45) is 3.60. The molecule has 0 bridgehead atoms. The number of likely N-dealkylation sites (tertiary alicyclic amines) is 1. The number of sulfone groups is 1. The highest BCUT2D eigenvalue weighted by Crippen LogP contribution is 2.30. The minimum absolute atomic E-state index is 0.214. The summed E-state index contributed by atoms with van der Waals surface area (Å²) in [5.41, 5.74) is 7.22. The number of likely N-dealkylation sites (N-methyl/N-ethyl adjacent to an activating group) is 2. The highest BCUT2D eigenvalue weighted by Gasteiger charge is 2.25. The van der Waals surface area contributed by atoms with Gasteiger partial charge in [0.2, 0.25) is 0 Å². The highest BCUT2D eigenvalue weighted by atomic mass is 32.2. The monoisotopic (exact) mass is 311 g/mol. The second-order valence-corrected chi connectivity index (χ2v) is 7.75. The fourth-order valence-electron chi connectivity index (χ4n) is 3.12. The van der Waals surface area contributed by atoms with Crippen molar-refractivity contribution in [2.45, 2.75) is 30.7 Å². The number of anilines is 2. The van der Waals surface area contributed by atoms with Crippen LogP contribution in [-0.2, 0) is 9.84 Å². The van der Waals surface area contributed by atoms with E-state index in [9.17, 15) is 8.42 Å². The topological polar surface area (TPSA) is 66.6 Å². The average molecular weight is 311 g/mol. The van der Waals surface area contributed by atoms with Crippen molar-refractivity contribution < 1.29 is 8.42 Å². The zero-order chi connectivity index (χ0) is 15.6. The molecule has 0 aliphatic carbocycles. The summed E-state index contributed by atoms with van der Waals surface area (Å²) in [5, 5.41) is 0. The minimum Gasteiger partial charge on any atom is -0.396 e. The van der Waals surface area contributed by atoms with Crippen LogP contribution in [0.25, 0.3) is 0 Å². The van der Waals surface area contributed by atoms with Crippen molar-refractivity contribution in [2.24, 2.45) is 0 Å². The second-order valence-electron chi connectivity index (χ2n) is 5.77. The van der Waals surface area contributed by atoms with Crippen LogP contribution >= 0.6 is 0 Å². The summed E-state index contributed by atoms with van der Waals surface area (Å²) in [5.74, 6) is 0. The summed E-state index contributed by atoms with van der Waals surface area (Å²) >= 11 is 0. The lowest BCUT2D eigenvalue weighted by Gasteiger charge is -2.30. The number of benzene rings is 1. The molecule has 0 aromatic heterocycles. The molecule has 1 heterocycles. The number of para-hydroxylation sites is 1. The Kier molecular flexibility index (Phi) is 4.78. The van der Waals surface area contributed by atoms with Gasteiger partial charge in [0.15, 0.2) is 9.84 Å². The number of rotatable bonds is 5. The second kappa shape index (κ2) is 6.23. The molecule has 1 aliphatic heterocycles. The zero-order valence-corrected chi connectivity index (χ0v) is 13.9. The molecular weight excluding hydrogens is 286 g/mol. The van der Waals surface area contributed by atoms with E-state index in [4.69, 9.17) is 5.73 Å². The fraction of sp³-hybridized carbons (Fsp3) is 0.600. The summed E-state index contributed by atoms with van der Waals surface area (Å²) in [4.78, 5) is 4.75. The van der Waals surface area contributed by atoms with E-state index in [1.165, 1.54) is 19.1 Å². The fourth-order valence-corrected chi connectivity index (χ4v) is 3.95. The van der Waals surface area contributed by atoms with Gasteiger partial charge in [-0.15, -0.1) is 0 Å². The lowest BCUT2D eigenvalue weighted by atomic mass is 10.2. The van der Waals surface area contributed by atoms with Gasteiger partial charge in [0, 0.05) is 25.9 Å². The quantitative estimate of drug-likeness (QED) is 0.837. The highest BCUT2D eigenvalue weighted by molar-refractivity contribution is 7.90. The van der Waals surface area contributed by atoms with Crippen molar-refractivity contribution in [2.75, 3.05) is 43.6 Å². The first kappa shape index (κ1) is 16.1. The first-order chi connectivity index (χ1) is 9.84. The van der Waals surface area contributed by atoms with Gasteiger partial charge in [-0.05, 0) is 38.1 Å². The van der Waals surface area contributed by atoms with Gasteiger partial charge in [0.05, 0.1) is 16.3 Å². The van der Waals surface area contributed by atoms with Gasteiger partial charge in [0.1, 0.15) is 0 Å². The van der Waals surface area contributed by atoms with Gasteiger partial charge in [-0.2, -0.15) is 0 Å². The molecular formula is C15H25N3O2S. The third-order valence-corrected chi connectivity index (χ3v) is 5.40. The van der Waals surface area contributed by atoms with Gasteiger partial charge in [0.25, 0.3) is 0 Å².